The highest BCUT2D eigenvalue weighted by molar-refractivity contribution is 14.1. The molecule has 0 radical (unpaired) electrons. The van der Waals surface area contributed by atoms with Crippen molar-refractivity contribution in [2.75, 3.05) is 0 Å². The lowest BCUT2D eigenvalue weighted by molar-refractivity contribution is 0.518. The minimum Gasteiger partial charge on any atom is -0.256 e. The molecule has 0 aliphatic heterocycles. The molecule has 0 fully saturated rings. The zero-order valence-corrected chi connectivity index (χ0v) is 10.1. The average molecular weight is 362 g/mol. The largest absolute Gasteiger partial charge is 0.256 e. The van der Waals surface area contributed by atoms with Gasteiger partial charge in [0, 0.05) is 12.1 Å². The van der Waals surface area contributed by atoms with Crippen LogP contribution < -0.4 is 0 Å². The van der Waals surface area contributed by atoms with Gasteiger partial charge in [-0.1, -0.05) is 0 Å². The lowest BCUT2D eigenvalue weighted by Gasteiger charge is -2.05. The summed E-state index contributed by atoms with van der Waals surface area (Å²) in [5.74, 6) is 0. The van der Waals surface area contributed by atoms with E-state index in [0.29, 0.717) is 6.04 Å². The van der Waals surface area contributed by atoms with Gasteiger partial charge < -0.3 is 0 Å². The fraction of sp³-hybridized carbons (Fsp3) is 0.500. The van der Waals surface area contributed by atoms with Gasteiger partial charge in [0.2, 0.25) is 0 Å². The van der Waals surface area contributed by atoms with Crippen molar-refractivity contribution in [1.29, 1.82) is 0 Å². The van der Waals surface area contributed by atoms with Gasteiger partial charge in [0.25, 0.3) is 0 Å². The number of rotatable bonds is 1. The van der Waals surface area contributed by atoms with E-state index in [2.05, 4.69) is 70.2 Å². The SMILES string of the molecule is CC(C)n1nc(I)cc1I. The molecule has 1 aromatic rings. The number of hydrogen-bond donors (Lipinski definition) is 0. The van der Waals surface area contributed by atoms with E-state index in [-0.39, 0.29) is 0 Å². The molecule has 2 nitrogen and oxygen atoms in total. The topological polar surface area (TPSA) is 17.8 Å². The molecule has 1 rings (SSSR count). The molecule has 0 aliphatic rings. The monoisotopic (exact) mass is 362 g/mol. The smallest absolute Gasteiger partial charge is 0.124 e. The molecule has 0 saturated carbocycles. The lowest BCUT2D eigenvalue weighted by Crippen LogP contribution is -2.04. The predicted octanol–water partition coefficient (Wildman–Crippen LogP) is 2.67. The Kier molecular flexibility index (Phi) is 2.96. The van der Waals surface area contributed by atoms with E-state index in [1.165, 1.54) is 3.70 Å². The second kappa shape index (κ2) is 3.38. The molecule has 0 bridgehead atoms. The summed E-state index contributed by atoms with van der Waals surface area (Å²) in [6.45, 7) is 4.26. The number of nitrogens with zero attached hydrogens (tertiary/aromatic N) is 2. The van der Waals surface area contributed by atoms with Gasteiger partial charge in [-0.2, -0.15) is 5.10 Å². The van der Waals surface area contributed by atoms with Crippen LogP contribution in [0.15, 0.2) is 6.07 Å². The Hall–Kier alpha value is 0.670. The molecule has 0 unspecified atom stereocenters. The van der Waals surface area contributed by atoms with Gasteiger partial charge >= 0.3 is 0 Å². The van der Waals surface area contributed by atoms with E-state index >= 15 is 0 Å². The van der Waals surface area contributed by atoms with E-state index in [9.17, 15) is 0 Å². The van der Waals surface area contributed by atoms with Gasteiger partial charge in [0.05, 0.1) is 0 Å². The third-order valence-electron chi connectivity index (χ3n) is 1.15. The van der Waals surface area contributed by atoms with Crippen LogP contribution in [0.25, 0.3) is 0 Å². The van der Waals surface area contributed by atoms with E-state index in [1.54, 1.807) is 0 Å². The summed E-state index contributed by atoms with van der Waals surface area (Å²) in [6.07, 6.45) is 0. The summed E-state index contributed by atoms with van der Waals surface area (Å²) >= 11 is 4.51. The van der Waals surface area contributed by atoms with Crippen LogP contribution in [-0.4, -0.2) is 9.78 Å². The lowest BCUT2D eigenvalue weighted by atomic mass is 10.4. The number of hydrogen-bond acceptors (Lipinski definition) is 1. The molecular weight excluding hydrogens is 354 g/mol. The highest BCUT2D eigenvalue weighted by Gasteiger charge is 2.04. The van der Waals surface area contributed by atoms with Crippen molar-refractivity contribution >= 4 is 45.2 Å². The molecular formula is C6H8I2N2. The summed E-state index contributed by atoms with van der Waals surface area (Å²) in [5.41, 5.74) is 0. The first kappa shape index (κ1) is 8.76. The van der Waals surface area contributed by atoms with Gasteiger partial charge in [-0.15, -0.1) is 0 Å². The van der Waals surface area contributed by atoms with Crippen molar-refractivity contribution in [2.24, 2.45) is 0 Å². The number of halogens is 2. The van der Waals surface area contributed by atoms with Crippen LogP contribution in [0, 0.1) is 7.40 Å². The van der Waals surface area contributed by atoms with Crippen molar-refractivity contribution < 1.29 is 0 Å². The minimum atomic E-state index is 0.468. The van der Waals surface area contributed by atoms with Gasteiger partial charge in [-0.05, 0) is 59.0 Å². The average Bonchev–Trinajstić information content (AvgIpc) is 2.10. The number of aromatic nitrogens is 2. The van der Waals surface area contributed by atoms with Crippen LogP contribution in [0.2, 0.25) is 0 Å². The Labute approximate surface area is 87.7 Å². The summed E-state index contributed by atoms with van der Waals surface area (Å²) in [4.78, 5) is 0. The first-order chi connectivity index (χ1) is 4.61. The molecule has 4 heteroatoms. The normalized spacial score (nSPS) is 10.9. The second-order valence-corrected chi connectivity index (χ2v) is 4.54. The molecule has 1 aromatic heterocycles. The van der Waals surface area contributed by atoms with Crippen LogP contribution in [-0.2, 0) is 0 Å². The van der Waals surface area contributed by atoms with Gasteiger partial charge in [-0.3, -0.25) is 4.68 Å². The molecule has 0 aliphatic carbocycles. The van der Waals surface area contributed by atoms with Crippen molar-refractivity contribution in [2.45, 2.75) is 19.9 Å². The van der Waals surface area contributed by atoms with Crippen molar-refractivity contribution in [3.63, 3.8) is 0 Å². The summed E-state index contributed by atoms with van der Waals surface area (Å²) in [5, 5.41) is 4.31. The molecule has 56 valence electrons. The maximum absolute atomic E-state index is 4.31. The highest BCUT2D eigenvalue weighted by atomic mass is 127. The maximum atomic E-state index is 4.31. The second-order valence-electron chi connectivity index (χ2n) is 2.33. The molecule has 10 heavy (non-hydrogen) atoms. The zero-order valence-electron chi connectivity index (χ0n) is 5.81. The highest BCUT2D eigenvalue weighted by Crippen LogP contribution is 2.14. The van der Waals surface area contributed by atoms with Crippen LogP contribution in [0.5, 0.6) is 0 Å². The van der Waals surface area contributed by atoms with E-state index in [1.807, 2.05) is 4.68 Å². The van der Waals surface area contributed by atoms with Crippen molar-refractivity contribution in [3.05, 3.63) is 13.5 Å². The first-order valence-electron chi connectivity index (χ1n) is 3.02. The fourth-order valence-corrected chi connectivity index (χ4v) is 2.79. The Morgan fingerprint density at radius 3 is 2.30 bits per heavy atom. The Morgan fingerprint density at radius 1 is 1.50 bits per heavy atom. The third-order valence-corrected chi connectivity index (χ3v) is 2.48. The van der Waals surface area contributed by atoms with Gasteiger partial charge in [0.1, 0.15) is 7.40 Å². The molecule has 0 aromatic carbocycles. The molecule has 0 atom stereocenters. The summed E-state index contributed by atoms with van der Waals surface area (Å²) in [7, 11) is 0. The molecule has 0 N–H and O–H groups in total. The standard InChI is InChI=1S/C6H8I2N2/c1-4(2)10-6(8)3-5(7)9-10/h3-4H,1-2H3. The van der Waals surface area contributed by atoms with E-state index < -0.39 is 0 Å². The quantitative estimate of drug-likeness (QED) is 0.703. The first-order valence-corrected chi connectivity index (χ1v) is 5.17. The fourth-order valence-electron chi connectivity index (χ4n) is 0.706. The maximum Gasteiger partial charge on any atom is 0.124 e. The summed E-state index contributed by atoms with van der Waals surface area (Å²) in [6, 6.07) is 2.54. The van der Waals surface area contributed by atoms with E-state index in [0.717, 1.165) is 3.70 Å². The van der Waals surface area contributed by atoms with Crippen molar-refractivity contribution in [1.82, 2.24) is 9.78 Å². The van der Waals surface area contributed by atoms with Crippen LogP contribution in [0.1, 0.15) is 19.9 Å². The molecule has 0 spiro atoms. The van der Waals surface area contributed by atoms with Crippen LogP contribution >= 0.6 is 45.2 Å². The van der Waals surface area contributed by atoms with E-state index in [4.69, 9.17) is 0 Å². The van der Waals surface area contributed by atoms with Gasteiger partial charge in [-0.25, -0.2) is 0 Å². The van der Waals surface area contributed by atoms with Gasteiger partial charge in [0.15, 0.2) is 0 Å². The van der Waals surface area contributed by atoms with Crippen LogP contribution in [0.4, 0.5) is 0 Å². The Balaban J connectivity index is 3.03. The van der Waals surface area contributed by atoms with Crippen LogP contribution in [0.3, 0.4) is 0 Å². The Morgan fingerprint density at radius 2 is 2.10 bits per heavy atom. The summed E-state index contributed by atoms with van der Waals surface area (Å²) < 4.78 is 4.29. The molecule has 0 amide bonds. The predicted molar refractivity (Wildman–Crippen MR) is 58.0 cm³/mol. The molecule has 1 heterocycles. The third kappa shape index (κ3) is 1.84. The zero-order chi connectivity index (χ0) is 7.72. The minimum absolute atomic E-state index is 0.468. The Bertz CT molecular complexity index is 230. The molecule has 0 saturated heterocycles. The van der Waals surface area contributed by atoms with Crippen molar-refractivity contribution in [3.8, 4) is 0 Å².